The molecule has 1 amide bonds. The van der Waals surface area contributed by atoms with Crippen LogP contribution in [0.5, 0.6) is 0 Å². The molecule has 2 aromatic rings. The molecule has 2 rings (SSSR count). The van der Waals surface area contributed by atoms with Crippen LogP contribution in [0.2, 0.25) is 5.15 Å². The fourth-order valence-electron chi connectivity index (χ4n) is 2.45. The van der Waals surface area contributed by atoms with Gasteiger partial charge in [-0.2, -0.15) is 5.10 Å². The lowest BCUT2D eigenvalue weighted by molar-refractivity contribution is 0.0950. The van der Waals surface area contributed by atoms with Crippen molar-refractivity contribution in [2.24, 2.45) is 0 Å². The zero-order valence-corrected chi connectivity index (χ0v) is 15.5. The van der Waals surface area contributed by atoms with E-state index < -0.39 is 0 Å². The van der Waals surface area contributed by atoms with E-state index in [2.05, 4.69) is 17.3 Å². The highest BCUT2D eigenvalue weighted by molar-refractivity contribution is 6.33. The molecule has 1 aromatic carbocycles. The van der Waals surface area contributed by atoms with Gasteiger partial charge in [-0.1, -0.05) is 37.1 Å². The van der Waals surface area contributed by atoms with Gasteiger partial charge in [0.1, 0.15) is 5.15 Å². The molecule has 24 heavy (non-hydrogen) atoms. The summed E-state index contributed by atoms with van der Waals surface area (Å²) in [6.45, 7) is 5.12. The van der Waals surface area contributed by atoms with Crippen molar-refractivity contribution in [2.45, 2.75) is 39.8 Å². The van der Waals surface area contributed by atoms with Crippen LogP contribution < -0.4 is 10.2 Å². The van der Waals surface area contributed by atoms with E-state index in [0.717, 1.165) is 30.6 Å². The second-order valence-corrected chi connectivity index (χ2v) is 6.43. The van der Waals surface area contributed by atoms with Gasteiger partial charge in [0.25, 0.3) is 5.91 Å². The van der Waals surface area contributed by atoms with Crippen LogP contribution in [-0.4, -0.2) is 29.8 Å². The summed E-state index contributed by atoms with van der Waals surface area (Å²) in [5, 5.41) is 7.72. The molecule has 0 saturated carbocycles. The average molecular weight is 349 g/mol. The smallest absolute Gasteiger partial charge is 0.256 e. The van der Waals surface area contributed by atoms with Gasteiger partial charge in [0.05, 0.1) is 11.3 Å². The number of unbranched alkanes of at least 4 members (excludes halogenated alkanes) is 1. The number of amides is 1. The summed E-state index contributed by atoms with van der Waals surface area (Å²) >= 11 is 6.33. The molecule has 1 aromatic heterocycles. The number of benzene rings is 1. The first-order chi connectivity index (χ1) is 11.4. The van der Waals surface area contributed by atoms with Crippen LogP contribution in [0.1, 0.15) is 41.4 Å². The van der Waals surface area contributed by atoms with Crippen LogP contribution >= 0.6 is 11.6 Å². The number of aryl methyl sites for hydroxylation is 2. The van der Waals surface area contributed by atoms with Crippen molar-refractivity contribution in [3.05, 3.63) is 46.2 Å². The van der Waals surface area contributed by atoms with Gasteiger partial charge in [-0.3, -0.25) is 9.48 Å². The molecule has 0 spiro atoms. The lowest BCUT2D eigenvalue weighted by Crippen LogP contribution is -2.23. The molecule has 0 aliphatic rings. The third kappa shape index (κ3) is 4.29. The fraction of sp³-hybridized carbons (Fsp3) is 0.444. The van der Waals surface area contributed by atoms with Crippen molar-refractivity contribution < 1.29 is 4.79 Å². The topological polar surface area (TPSA) is 50.2 Å². The number of carbonyl (C=O) groups is 1. The molecule has 6 heteroatoms. The summed E-state index contributed by atoms with van der Waals surface area (Å²) in [5.41, 5.74) is 3.30. The first-order valence-corrected chi connectivity index (χ1v) is 8.59. The van der Waals surface area contributed by atoms with Crippen LogP contribution in [0.3, 0.4) is 0 Å². The van der Waals surface area contributed by atoms with E-state index in [-0.39, 0.29) is 5.91 Å². The van der Waals surface area contributed by atoms with E-state index in [1.54, 1.807) is 4.68 Å². The minimum Gasteiger partial charge on any atom is -0.378 e. The minimum absolute atomic E-state index is 0.183. The third-order valence-electron chi connectivity index (χ3n) is 3.92. The Labute approximate surface area is 148 Å². The van der Waals surface area contributed by atoms with Crippen molar-refractivity contribution in [1.82, 2.24) is 15.1 Å². The van der Waals surface area contributed by atoms with E-state index in [4.69, 9.17) is 11.6 Å². The first-order valence-electron chi connectivity index (χ1n) is 8.21. The van der Waals surface area contributed by atoms with E-state index in [0.29, 0.717) is 23.0 Å². The number of nitrogens with one attached hydrogen (secondary N) is 1. The number of halogens is 1. The first kappa shape index (κ1) is 18.3. The highest BCUT2D eigenvalue weighted by atomic mass is 35.5. The summed E-state index contributed by atoms with van der Waals surface area (Å²) in [5.74, 6) is -0.183. The molecule has 0 aliphatic heterocycles. The Bertz CT molecular complexity index is 692. The lowest BCUT2D eigenvalue weighted by atomic mass is 10.2. The maximum Gasteiger partial charge on any atom is 0.256 e. The Morgan fingerprint density at radius 2 is 1.96 bits per heavy atom. The molecule has 0 atom stereocenters. The van der Waals surface area contributed by atoms with Gasteiger partial charge in [0.15, 0.2) is 0 Å². The van der Waals surface area contributed by atoms with Crippen LogP contribution in [0.4, 0.5) is 5.69 Å². The SMILES string of the molecule is CCCCn1nc(C)c(C(=O)NCc2ccc(N(C)C)cc2)c1Cl. The van der Waals surface area contributed by atoms with Gasteiger partial charge in [-0.25, -0.2) is 0 Å². The second kappa shape index (κ2) is 8.20. The monoisotopic (exact) mass is 348 g/mol. The number of hydrogen-bond acceptors (Lipinski definition) is 3. The van der Waals surface area contributed by atoms with Crippen molar-refractivity contribution in [2.75, 3.05) is 19.0 Å². The second-order valence-electron chi connectivity index (χ2n) is 6.07. The zero-order valence-electron chi connectivity index (χ0n) is 14.8. The third-order valence-corrected chi connectivity index (χ3v) is 4.31. The van der Waals surface area contributed by atoms with Crippen molar-refractivity contribution in [1.29, 1.82) is 0 Å². The van der Waals surface area contributed by atoms with Gasteiger partial charge in [0, 0.05) is 32.9 Å². The molecule has 1 N–H and O–H groups in total. The molecule has 0 saturated heterocycles. The predicted molar refractivity (Wildman–Crippen MR) is 98.8 cm³/mol. The molecule has 0 unspecified atom stereocenters. The van der Waals surface area contributed by atoms with Crippen molar-refractivity contribution in [3.63, 3.8) is 0 Å². The van der Waals surface area contributed by atoms with E-state index in [9.17, 15) is 4.79 Å². The van der Waals surface area contributed by atoms with E-state index in [1.165, 1.54) is 0 Å². The van der Waals surface area contributed by atoms with Crippen LogP contribution in [0, 0.1) is 6.92 Å². The number of aromatic nitrogens is 2. The highest BCUT2D eigenvalue weighted by Crippen LogP contribution is 2.20. The number of rotatable bonds is 7. The zero-order chi connectivity index (χ0) is 17.7. The van der Waals surface area contributed by atoms with Gasteiger partial charge < -0.3 is 10.2 Å². The van der Waals surface area contributed by atoms with Gasteiger partial charge in [0.2, 0.25) is 0 Å². The van der Waals surface area contributed by atoms with Crippen LogP contribution in [-0.2, 0) is 13.1 Å². The van der Waals surface area contributed by atoms with Gasteiger partial charge in [-0.15, -0.1) is 0 Å². The maximum absolute atomic E-state index is 12.5. The van der Waals surface area contributed by atoms with Crippen LogP contribution in [0.15, 0.2) is 24.3 Å². The Balaban J connectivity index is 2.03. The Morgan fingerprint density at radius 3 is 2.54 bits per heavy atom. The standard InChI is InChI=1S/C18H25ClN4O/c1-5-6-11-23-17(19)16(13(2)21-23)18(24)20-12-14-7-9-15(10-8-14)22(3)4/h7-10H,5-6,11-12H2,1-4H3,(H,20,24). The Hall–Kier alpha value is -2.01. The number of hydrogen-bond donors (Lipinski definition) is 1. The highest BCUT2D eigenvalue weighted by Gasteiger charge is 2.19. The number of anilines is 1. The largest absolute Gasteiger partial charge is 0.378 e. The Morgan fingerprint density at radius 1 is 1.29 bits per heavy atom. The molecule has 0 radical (unpaired) electrons. The predicted octanol–water partition coefficient (Wildman–Crippen LogP) is 3.64. The van der Waals surface area contributed by atoms with E-state index in [1.807, 2.05) is 50.2 Å². The lowest BCUT2D eigenvalue weighted by Gasteiger charge is -2.13. The molecule has 130 valence electrons. The van der Waals surface area contributed by atoms with Gasteiger partial charge in [-0.05, 0) is 31.0 Å². The summed E-state index contributed by atoms with van der Waals surface area (Å²) in [6, 6.07) is 8.08. The number of carbonyl (C=O) groups excluding carboxylic acids is 1. The minimum atomic E-state index is -0.183. The molecular formula is C18H25ClN4O. The molecule has 0 aliphatic carbocycles. The number of nitrogens with zero attached hydrogens (tertiary/aromatic N) is 3. The molecule has 5 nitrogen and oxygen atoms in total. The Kier molecular flexibility index (Phi) is 6.26. The summed E-state index contributed by atoms with van der Waals surface area (Å²) in [6.07, 6.45) is 2.04. The normalized spacial score (nSPS) is 10.7. The molecule has 0 fully saturated rings. The van der Waals surface area contributed by atoms with Crippen LogP contribution in [0.25, 0.3) is 0 Å². The molecule has 0 bridgehead atoms. The van der Waals surface area contributed by atoms with Crippen molar-refractivity contribution >= 4 is 23.2 Å². The maximum atomic E-state index is 12.5. The fourth-order valence-corrected chi connectivity index (χ4v) is 2.79. The summed E-state index contributed by atoms with van der Waals surface area (Å²) < 4.78 is 1.71. The van der Waals surface area contributed by atoms with Gasteiger partial charge >= 0.3 is 0 Å². The van der Waals surface area contributed by atoms with Crippen molar-refractivity contribution in [3.8, 4) is 0 Å². The average Bonchev–Trinajstić information content (AvgIpc) is 2.85. The molecule has 1 heterocycles. The quantitative estimate of drug-likeness (QED) is 0.831. The summed E-state index contributed by atoms with van der Waals surface area (Å²) in [4.78, 5) is 14.5. The molecular weight excluding hydrogens is 324 g/mol. The summed E-state index contributed by atoms with van der Waals surface area (Å²) in [7, 11) is 4.00. The van der Waals surface area contributed by atoms with E-state index >= 15 is 0 Å².